The smallest absolute Gasteiger partial charge is 0.0589 e. The number of nitrogens with zero attached hydrogens (tertiary/aromatic N) is 1. The van der Waals surface area contributed by atoms with Crippen LogP contribution in [0.15, 0.2) is 29.2 Å². The van der Waals surface area contributed by atoms with Gasteiger partial charge in [-0.15, -0.1) is 11.8 Å². The third-order valence-electron chi connectivity index (χ3n) is 2.91. The van der Waals surface area contributed by atoms with E-state index in [2.05, 4.69) is 36.2 Å². The van der Waals surface area contributed by atoms with Crippen molar-refractivity contribution >= 4 is 11.8 Å². The molecule has 1 unspecified atom stereocenters. The highest BCUT2D eigenvalue weighted by molar-refractivity contribution is 8.00. The number of hydrogen-bond acceptors (Lipinski definition) is 3. The largest absolute Gasteiger partial charge is 0.383 e. The Morgan fingerprint density at radius 2 is 2.25 bits per heavy atom. The van der Waals surface area contributed by atoms with Crippen LogP contribution in [0, 0.1) is 0 Å². The molecule has 2 nitrogen and oxygen atoms in total. The van der Waals surface area contributed by atoms with Crippen molar-refractivity contribution in [2.24, 2.45) is 0 Å². The van der Waals surface area contributed by atoms with E-state index in [4.69, 9.17) is 4.74 Å². The molecule has 1 aliphatic heterocycles. The van der Waals surface area contributed by atoms with Crippen molar-refractivity contribution in [2.45, 2.75) is 16.6 Å². The molecule has 0 aliphatic carbocycles. The fraction of sp³-hybridized carbons (Fsp3) is 0.538. The number of fused-ring (bicyclic) bond motifs is 1. The minimum atomic E-state index is 0.708. The average molecular weight is 237 g/mol. The Kier molecular flexibility index (Phi) is 4.27. The first kappa shape index (κ1) is 12.0. The first-order valence-electron chi connectivity index (χ1n) is 5.71. The number of benzene rings is 1. The fourth-order valence-electron chi connectivity index (χ4n) is 2.04. The summed E-state index contributed by atoms with van der Waals surface area (Å²) in [6, 6.07) is 8.74. The van der Waals surface area contributed by atoms with Gasteiger partial charge in [-0.05, 0) is 25.1 Å². The minimum Gasteiger partial charge on any atom is -0.383 e. The Bertz CT molecular complexity index is 317. The van der Waals surface area contributed by atoms with Gasteiger partial charge >= 0.3 is 0 Å². The van der Waals surface area contributed by atoms with E-state index < -0.39 is 0 Å². The summed E-state index contributed by atoms with van der Waals surface area (Å²) in [6.07, 6.45) is 1.21. The predicted octanol–water partition coefficient (Wildman–Crippen LogP) is 2.28. The van der Waals surface area contributed by atoms with Crippen LogP contribution in [-0.2, 0) is 11.2 Å². The second kappa shape index (κ2) is 5.71. The van der Waals surface area contributed by atoms with E-state index in [1.807, 2.05) is 11.8 Å². The van der Waals surface area contributed by atoms with Crippen LogP contribution >= 0.6 is 11.8 Å². The van der Waals surface area contributed by atoms with Crippen molar-refractivity contribution in [2.75, 3.05) is 33.9 Å². The molecule has 0 fully saturated rings. The van der Waals surface area contributed by atoms with Crippen LogP contribution in [0.3, 0.4) is 0 Å². The Morgan fingerprint density at radius 1 is 1.44 bits per heavy atom. The zero-order valence-electron chi connectivity index (χ0n) is 9.98. The topological polar surface area (TPSA) is 12.5 Å². The summed E-state index contributed by atoms with van der Waals surface area (Å²) in [5.41, 5.74) is 1.51. The molecule has 88 valence electrons. The second-order valence-electron chi connectivity index (χ2n) is 4.31. The van der Waals surface area contributed by atoms with Crippen molar-refractivity contribution < 1.29 is 4.74 Å². The van der Waals surface area contributed by atoms with Crippen molar-refractivity contribution in [1.82, 2.24) is 4.90 Å². The van der Waals surface area contributed by atoms with Gasteiger partial charge in [0.1, 0.15) is 0 Å². The van der Waals surface area contributed by atoms with Crippen LogP contribution in [0.2, 0.25) is 0 Å². The molecule has 3 heteroatoms. The van der Waals surface area contributed by atoms with Crippen molar-refractivity contribution in [3.8, 4) is 0 Å². The summed E-state index contributed by atoms with van der Waals surface area (Å²) in [5.74, 6) is 0. The van der Waals surface area contributed by atoms with E-state index in [0.717, 1.165) is 19.7 Å². The SMILES string of the molecule is COCCN(C)CC1Cc2ccccc2S1. The van der Waals surface area contributed by atoms with Gasteiger partial charge in [-0.2, -0.15) is 0 Å². The summed E-state index contributed by atoms with van der Waals surface area (Å²) in [6.45, 7) is 2.98. The van der Waals surface area contributed by atoms with E-state index in [-0.39, 0.29) is 0 Å². The molecule has 0 saturated carbocycles. The molecule has 0 aromatic heterocycles. The second-order valence-corrected chi connectivity index (χ2v) is 5.65. The molecule has 1 aliphatic rings. The van der Waals surface area contributed by atoms with Gasteiger partial charge in [0.15, 0.2) is 0 Å². The fourth-order valence-corrected chi connectivity index (χ4v) is 3.45. The van der Waals surface area contributed by atoms with Gasteiger partial charge in [0, 0.05) is 30.3 Å². The molecule has 1 aromatic carbocycles. The number of rotatable bonds is 5. The lowest BCUT2D eigenvalue weighted by molar-refractivity contribution is 0.161. The van der Waals surface area contributed by atoms with Crippen molar-refractivity contribution in [3.63, 3.8) is 0 Å². The molecule has 0 N–H and O–H groups in total. The Hall–Kier alpha value is -0.510. The quantitative estimate of drug-likeness (QED) is 0.779. The van der Waals surface area contributed by atoms with E-state index in [1.165, 1.54) is 16.9 Å². The monoisotopic (exact) mass is 237 g/mol. The highest BCUT2D eigenvalue weighted by Crippen LogP contribution is 2.36. The molecule has 1 aromatic rings. The molecule has 0 saturated heterocycles. The van der Waals surface area contributed by atoms with Crippen molar-refractivity contribution in [3.05, 3.63) is 29.8 Å². The number of likely N-dealkylation sites (N-methyl/N-ethyl adjacent to an activating group) is 1. The number of hydrogen-bond donors (Lipinski definition) is 0. The number of thioether (sulfide) groups is 1. The lowest BCUT2D eigenvalue weighted by Crippen LogP contribution is -2.30. The van der Waals surface area contributed by atoms with Crippen molar-refractivity contribution in [1.29, 1.82) is 0 Å². The molecule has 2 rings (SSSR count). The number of ether oxygens (including phenoxy) is 1. The van der Waals surface area contributed by atoms with Gasteiger partial charge in [-0.1, -0.05) is 18.2 Å². The van der Waals surface area contributed by atoms with E-state index in [9.17, 15) is 0 Å². The van der Waals surface area contributed by atoms with E-state index >= 15 is 0 Å². The first-order chi connectivity index (χ1) is 7.79. The molecule has 0 bridgehead atoms. The zero-order valence-corrected chi connectivity index (χ0v) is 10.8. The Balaban J connectivity index is 1.82. The van der Waals surface area contributed by atoms with Crippen LogP contribution in [0.5, 0.6) is 0 Å². The third kappa shape index (κ3) is 3.00. The first-order valence-corrected chi connectivity index (χ1v) is 6.59. The van der Waals surface area contributed by atoms with Gasteiger partial charge < -0.3 is 9.64 Å². The van der Waals surface area contributed by atoms with Crippen LogP contribution in [0.1, 0.15) is 5.56 Å². The van der Waals surface area contributed by atoms with E-state index in [1.54, 1.807) is 7.11 Å². The van der Waals surface area contributed by atoms with Gasteiger partial charge in [-0.3, -0.25) is 0 Å². The van der Waals surface area contributed by atoms with Crippen LogP contribution in [-0.4, -0.2) is 44.0 Å². The lowest BCUT2D eigenvalue weighted by atomic mass is 10.1. The maximum absolute atomic E-state index is 5.09. The summed E-state index contributed by atoms with van der Waals surface area (Å²) in [4.78, 5) is 3.82. The highest BCUT2D eigenvalue weighted by Gasteiger charge is 2.22. The molecular weight excluding hydrogens is 218 g/mol. The molecule has 16 heavy (non-hydrogen) atoms. The Labute approximate surface area is 102 Å². The normalized spacial score (nSPS) is 19.1. The Morgan fingerprint density at radius 3 is 3.00 bits per heavy atom. The van der Waals surface area contributed by atoms with Crippen LogP contribution in [0.4, 0.5) is 0 Å². The summed E-state index contributed by atoms with van der Waals surface area (Å²) in [5, 5.41) is 0.708. The van der Waals surface area contributed by atoms with Gasteiger partial charge in [0.2, 0.25) is 0 Å². The standard InChI is InChI=1S/C13H19NOS/c1-14(7-8-15-2)10-12-9-11-5-3-4-6-13(11)16-12/h3-6,12H,7-10H2,1-2H3. The molecule has 0 amide bonds. The summed E-state index contributed by atoms with van der Waals surface area (Å²) < 4.78 is 5.09. The molecular formula is C13H19NOS. The number of methoxy groups -OCH3 is 1. The third-order valence-corrected chi connectivity index (χ3v) is 4.21. The predicted molar refractivity (Wildman–Crippen MR) is 69.2 cm³/mol. The van der Waals surface area contributed by atoms with Gasteiger partial charge in [0.05, 0.1) is 6.61 Å². The zero-order chi connectivity index (χ0) is 11.4. The highest BCUT2D eigenvalue weighted by atomic mass is 32.2. The van der Waals surface area contributed by atoms with E-state index in [0.29, 0.717) is 5.25 Å². The van der Waals surface area contributed by atoms with Crippen LogP contribution in [0.25, 0.3) is 0 Å². The van der Waals surface area contributed by atoms with Gasteiger partial charge in [-0.25, -0.2) is 0 Å². The average Bonchev–Trinajstić information content (AvgIpc) is 2.68. The van der Waals surface area contributed by atoms with Crippen LogP contribution < -0.4 is 0 Å². The lowest BCUT2D eigenvalue weighted by Gasteiger charge is -2.19. The molecule has 1 atom stereocenters. The molecule has 0 radical (unpaired) electrons. The maximum Gasteiger partial charge on any atom is 0.0589 e. The summed E-state index contributed by atoms with van der Waals surface area (Å²) in [7, 11) is 3.93. The molecule has 1 heterocycles. The van der Waals surface area contributed by atoms with Gasteiger partial charge in [0.25, 0.3) is 0 Å². The summed E-state index contributed by atoms with van der Waals surface area (Å²) >= 11 is 2.02. The minimum absolute atomic E-state index is 0.708. The molecule has 0 spiro atoms. The maximum atomic E-state index is 5.09.